The maximum Gasteiger partial charge on any atom is 0.250 e. The number of benzene rings is 3. The van der Waals surface area contributed by atoms with Crippen molar-refractivity contribution in [1.29, 1.82) is 0 Å². The monoisotopic (exact) mass is 555 g/mol. The summed E-state index contributed by atoms with van der Waals surface area (Å²) in [4.78, 5) is 12.5. The third-order valence-electron chi connectivity index (χ3n) is 5.29. The van der Waals surface area contributed by atoms with Gasteiger partial charge in [-0.25, -0.2) is 9.82 Å². The Morgan fingerprint density at radius 3 is 2.39 bits per heavy atom. The van der Waals surface area contributed by atoms with Gasteiger partial charge < -0.3 is 14.2 Å². The highest BCUT2D eigenvalue weighted by Crippen LogP contribution is 2.41. The number of amides is 1. The van der Waals surface area contributed by atoms with Crippen LogP contribution in [-0.4, -0.2) is 54.0 Å². The van der Waals surface area contributed by atoms with Gasteiger partial charge in [0.15, 0.2) is 22.5 Å². The molecule has 1 aromatic heterocycles. The van der Waals surface area contributed by atoms with Crippen LogP contribution in [0.4, 0.5) is 4.39 Å². The van der Waals surface area contributed by atoms with Crippen LogP contribution in [0.25, 0.3) is 17.1 Å². The molecule has 0 aliphatic carbocycles. The summed E-state index contributed by atoms with van der Waals surface area (Å²) in [6.45, 7) is 0. The molecule has 196 valence electrons. The van der Waals surface area contributed by atoms with Crippen LogP contribution < -0.4 is 19.6 Å². The van der Waals surface area contributed by atoms with Crippen LogP contribution in [0.5, 0.6) is 17.2 Å². The molecule has 0 saturated heterocycles. The SMILES string of the molecule is COc1cc(-c2nnc(SCC(=O)NN=Cc3c(F)cccc3Cl)n2-c2ccccc2)cc(OC)c1OC. The summed E-state index contributed by atoms with van der Waals surface area (Å²) in [6, 6.07) is 17.3. The Labute approximate surface area is 227 Å². The second kappa shape index (κ2) is 12.4. The smallest absolute Gasteiger partial charge is 0.250 e. The Hall–Kier alpha value is -4.09. The lowest BCUT2D eigenvalue weighted by Crippen LogP contribution is -2.20. The van der Waals surface area contributed by atoms with E-state index in [1.165, 1.54) is 39.5 Å². The van der Waals surface area contributed by atoms with E-state index in [0.717, 1.165) is 23.7 Å². The number of carbonyl (C=O) groups is 1. The fourth-order valence-corrected chi connectivity index (χ4v) is 4.49. The molecule has 0 saturated carbocycles. The van der Waals surface area contributed by atoms with Crippen molar-refractivity contribution < 1.29 is 23.4 Å². The van der Waals surface area contributed by atoms with Gasteiger partial charge in [-0.05, 0) is 36.4 Å². The number of carbonyl (C=O) groups excluding carboxylic acids is 1. The molecule has 0 aliphatic heterocycles. The van der Waals surface area contributed by atoms with Gasteiger partial charge in [-0.15, -0.1) is 10.2 Å². The number of hydrogen-bond donors (Lipinski definition) is 1. The van der Waals surface area contributed by atoms with Gasteiger partial charge in [-0.2, -0.15) is 5.10 Å². The van der Waals surface area contributed by atoms with Gasteiger partial charge in [-0.1, -0.05) is 47.6 Å². The topological polar surface area (TPSA) is 99.9 Å². The van der Waals surface area contributed by atoms with Crippen molar-refractivity contribution in [3.8, 4) is 34.3 Å². The highest BCUT2D eigenvalue weighted by Gasteiger charge is 2.21. The summed E-state index contributed by atoms with van der Waals surface area (Å²) >= 11 is 7.14. The van der Waals surface area contributed by atoms with Crippen molar-refractivity contribution in [1.82, 2.24) is 20.2 Å². The standard InChI is InChI=1S/C26H23ClFN5O4S/c1-35-21-12-16(13-22(36-2)24(21)37-3)25-31-32-26(33(25)17-8-5-4-6-9-17)38-15-23(34)30-29-14-18-19(27)10-7-11-20(18)28/h4-14H,15H2,1-3H3,(H,30,34). The van der Waals surface area contributed by atoms with Gasteiger partial charge >= 0.3 is 0 Å². The predicted molar refractivity (Wildman–Crippen MR) is 144 cm³/mol. The zero-order valence-corrected chi connectivity index (χ0v) is 22.2. The van der Waals surface area contributed by atoms with E-state index in [4.69, 9.17) is 25.8 Å². The van der Waals surface area contributed by atoms with Crippen molar-refractivity contribution in [2.75, 3.05) is 27.1 Å². The minimum Gasteiger partial charge on any atom is -0.493 e. The third kappa shape index (κ3) is 5.90. The number of halogens is 2. The second-order valence-electron chi connectivity index (χ2n) is 7.61. The Kier molecular flexibility index (Phi) is 8.82. The summed E-state index contributed by atoms with van der Waals surface area (Å²) < 4.78 is 32.1. The second-order valence-corrected chi connectivity index (χ2v) is 8.96. The van der Waals surface area contributed by atoms with Crippen molar-refractivity contribution in [2.24, 2.45) is 5.10 Å². The largest absolute Gasteiger partial charge is 0.493 e. The molecular formula is C26H23ClFN5O4S. The van der Waals surface area contributed by atoms with E-state index in [1.54, 1.807) is 12.1 Å². The molecule has 9 nitrogen and oxygen atoms in total. The van der Waals surface area contributed by atoms with Gasteiger partial charge in [0.25, 0.3) is 5.91 Å². The molecule has 0 fully saturated rings. The van der Waals surface area contributed by atoms with E-state index in [9.17, 15) is 9.18 Å². The quantitative estimate of drug-likeness (QED) is 0.167. The maximum atomic E-state index is 13.9. The summed E-state index contributed by atoms with van der Waals surface area (Å²) in [5, 5.41) is 13.2. The lowest BCUT2D eigenvalue weighted by atomic mass is 10.1. The fourth-order valence-electron chi connectivity index (χ4n) is 3.54. The number of thioether (sulfide) groups is 1. The first-order valence-corrected chi connectivity index (χ1v) is 12.5. The third-order valence-corrected chi connectivity index (χ3v) is 6.54. The Bertz CT molecular complexity index is 1420. The molecule has 0 spiro atoms. The Balaban J connectivity index is 1.60. The Morgan fingerprint density at radius 1 is 1.05 bits per heavy atom. The van der Waals surface area contributed by atoms with Gasteiger partial charge in [0.1, 0.15) is 5.82 Å². The van der Waals surface area contributed by atoms with Crippen LogP contribution in [0.2, 0.25) is 5.02 Å². The summed E-state index contributed by atoms with van der Waals surface area (Å²) in [5.74, 6) is 0.897. The number of aromatic nitrogens is 3. The van der Waals surface area contributed by atoms with Gasteiger partial charge in [0.2, 0.25) is 5.75 Å². The first kappa shape index (κ1) is 27.0. The molecule has 3 aromatic carbocycles. The van der Waals surface area contributed by atoms with Crippen LogP contribution in [0.3, 0.4) is 0 Å². The molecule has 4 aromatic rings. The van der Waals surface area contributed by atoms with Crippen LogP contribution in [0.15, 0.2) is 70.9 Å². The molecule has 4 rings (SSSR count). The molecule has 0 bridgehead atoms. The molecule has 0 radical (unpaired) electrons. The number of methoxy groups -OCH3 is 3. The normalized spacial score (nSPS) is 11.0. The minimum atomic E-state index is -0.542. The van der Waals surface area contributed by atoms with Crippen molar-refractivity contribution in [2.45, 2.75) is 5.16 Å². The fraction of sp³-hybridized carbons (Fsp3) is 0.154. The number of ether oxygens (including phenoxy) is 3. The maximum absolute atomic E-state index is 13.9. The molecule has 0 unspecified atom stereocenters. The van der Waals surface area contributed by atoms with Gasteiger partial charge in [0.05, 0.1) is 38.3 Å². The predicted octanol–water partition coefficient (Wildman–Crippen LogP) is 5.00. The van der Waals surface area contributed by atoms with E-state index in [1.807, 2.05) is 34.9 Å². The lowest BCUT2D eigenvalue weighted by molar-refractivity contribution is -0.118. The average molecular weight is 556 g/mol. The van der Waals surface area contributed by atoms with E-state index in [2.05, 4.69) is 20.7 Å². The minimum absolute atomic E-state index is 0.0252. The molecule has 12 heteroatoms. The number of hydrogen-bond acceptors (Lipinski definition) is 8. The van der Waals surface area contributed by atoms with E-state index in [0.29, 0.717) is 33.8 Å². The van der Waals surface area contributed by atoms with Gasteiger partial charge in [0, 0.05) is 16.8 Å². The average Bonchev–Trinajstić information content (AvgIpc) is 3.37. The summed E-state index contributed by atoms with van der Waals surface area (Å²) in [5.41, 5.74) is 3.91. The van der Waals surface area contributed by atoms with E-state index >= 15 is 0 Å². The molecule has 1 amide bonds. The zero-order chi connectivity index (χ0) is 27.1. The van der Waals surface area contributed by atoms with Crippen LogP contribution in [-0.2, 0) is 4.79 Å². The highest BCUT2D eigenvalue weighted by molar-refractivity contribution is 7.99. The van der Waals surface area contributed by atoms with Crippen molar-refractivity contribution in [3.63, 3.8) is 0 Å². The first-order valence-electron chi connectivity index (χ1n) is 11.2. The summed E-state index contributed by atoms with van der Waals surface area (Å²) in [6.07, 6.45) is 1.16. The molecule has 0 aliphatic rings. The number of rotatable bonds is 10. The molecule has 1 heterocycles. The molecule has 38 heavy (non-hydrogen) atoms. The number of hydrazone groups is 1. The summed E-state index contributed by atoms with van der Waals surface area (Å²) in [7, 11) is 4.60. The van der Waals surface area contributed by atoms with Crippen molar-refractivity contribution in [3.05, 3.63) is 77.1 Å². The van der Waals surface area contributed by atoms with Crippen LogP contribution in [0.1, 0.15) is 5.56 Å². The van der Waals surface area contributed by atoms with Crippen LogP contribution in [0, 0.1) is 5.82 Å². The number of nitrogens with one attached hydrogen (secondary N) is 1. The molecule has 0 atom stereocenters. The van der Waals surface area contributed by atoms with E-state index in [-0.39, 0.29) is 16.3 Å². The van der Waals surface area contributed by atoms with Crippen LogP contribution >= 0.6 is 23.4 Å². The lowest BCUT2D eigenvalue weighted by Gasteiger charge is -2.15. The molecular weight excluding hydrogens is 533 g/mol. The van der Waals surface area contributed by atoms with E-state index < -0.39 is 11.7 Å². The highest BCUT2D eigenvalue weighted by atomic mass is 35.5. The number of para-hydroxylation sites is 1. The number of nitrogens with zero attached hydrogens (tertiary/aromatic N) is 4. The first-order chi connectivity index (χ1) is 18.5. The molecule has 1 N–H and O–H groups in total. The Morgan fingerprint density at radius 2 is 1.76 bits per heavy atom. The zero-order valence-electron chi connectivity index (χ0n) is 20.6. The van der Waals surface area contributed by atoms with Crippen molar-refractivity contribution >= 4 is 35.5 Å². The van der Waals surface area contributed by atoms with Gasteiger partial charge in [-0.3, -0.25) is 9.36 Å².